The summed E-state index contributed by atoms with van der Waals surface area (Å²) in [5.41, 5.74) is 7.33. The molecule has 0 bridgehead atoms. The second-order valence-electron chi connectivity index (χ2n) is 9.07. The molecule has 0 aliphatic rings. The van der Waals surface area contributed by atoms with E-state index in [2.05, 4.69) is 115 Å². The van der Waals surface area contributed by atoms with Crippen molar-refractivity contribution in [2.45, 2.75) is 4.90 Å². The number of thiol groups is 1. The summed E-state index contributed by atoms with van der Waals surface area (Å²) in [6.07, 6.45) is 1.87. The summed E-state index contributed by atoms with van der Waals surface area (Å²) in [6.45, 7) is 0. The van der Waals surface area contributed by atoms with Crippen molar-refractivity contribution in [1.82, 2.24) is 4.98 Å². The number of hydrogen-bond acceptors (Lipinski definition) is 3. The molecule has 0 spiro atoms. The molecule has 0 saturated carbocycles. The zero-order chi connectivity index (χ0) is 24.1. The Kier molecular flexibility index (Phi) is 5.12. The van der Waals surface area contributed by atoms with Gasteiger partial charge >= 0.3 is 0 Å². The van der Waals surface area contributed by atoms with Crippen LogP contribution >= 0.6 is 24.0 Å². The summed E-state index contributed by atoms with van der Waals surface area (Å²) in [4.78, 5) is 6.60. The lowest BCUT2D eigenvalue weighted by Gasteiger charge is -2.09. The van der Waals surface area contributed by atoms with Crippen LogP contribution in [0.3, 0.4) is 0 Å². The Morgan fingerprint density at radius 3 is 1.67 bits per heavy atom. The van der Waals surface area contributed by atoms with Crippen molar-refractivity contribution in [1.29, 1.82) is 0 Å². The Morgan fingerprint density at radius 2 is 1.03 bits per heavy atom. The minimum atomic E-state index is 0.980. The van der Waals surface area contributed by atoms with E-state index in [4.69, 9.17) is 0 Å². The van der Waals surface area contributed by atoms with E-state index in [-0.39, 0.29) is 0 Å². The van der Waals surface area contributed by atoms with Crippen molar-refractivity contribution in [3.05, 3.63) is 121 Å². The van der Waals surface area contributed by atoms with Gasteiger partial charge in [0.15, 0.2) is 0 Å². The fraction of sp³-hybridized carbons (Fsp3) is 0. The van der Waals surface area contributed by atoms with Crippen molar-refractivity contribution in [2.75, 3.05) is 0 Å². The van der Waals surface area contributed by atoms with Gasteiger partial charge in [0.2, 0.25) is 0 Å². The Hall–Kier alpha value is -3.92. The fourth-order valence-electron chi connectivity index (χ4n) is 4.90. The van der Waals surface area contributed by atoms with Crippen LogP contribution in [0.5, 0.6) is 0 Å². The smallest absolute Gasteiger partial charge is 0.124 e. The number of nitrogens with zero attached hydrogens (tertiary/aromatic N) is 1. The molecule has 0 amide bonds. The van der Waals surface area contributed by atoms with E-state index in [9.17, 15) is 0 Å². The van der Waals surface area contributed by atoms with Crippen molar-refractivity contribution in [3.63, 3.8) is 0 Å². The van der Waals surface area contributed by atoms with Crippen molar-refractivity contribution >= 4 is 55.0 Å². The molecule has 0 radical (unpaired) electrons. The lowest BCUT2D eigenvalue weighted by atomic mass is 9.96. The maximum atomic E-state index is 4.53. The third kappa shape index (κ3) is 3.78. The van der Waals surface area contributed by atoms with Crippen LogP contribution in [0.25, 0.3) is 64.5 Å². The lowest BCUT2D eigenvalue weighted by Crippen LogP contribution is -1.83. The van der Waals surface area contributed by atoms with E-state index < -0.39 is 0 Å². The highest BCUT2D eigenvalue weighted by molar-refractivity contribution is 7.80. The molecule has 2 aromatic heterocycles. The van der Waals surface area contributed by atoms with Gasteiger partial charge in [-0.25, -0.2) is 4.98 Å². The molecule has 0 aliphatic heterocycles. The molecule has 3 heteroatoms. The summed E-state index contributed by atoms with van der Waals surface area (Å²) in [6, 6.07) is 41.5. The predicted octanol–water partition coefficient (Wildman–Crippen LogP) is 9.89. The molecule has 0 unspecified atom stereocenters. The van der Waals surface area contributed by atoms with Gasteiger partial charge in [-0.3, -0.25) is 0 Å². The quantitative estimate of drug-likeness (QED) is 0.241. The normalized spacial score (nSPS) is 11.5. The van der Waals surface area contributed by atoms with Gasteiger partial charge in [0.1, 0.15) is 4.83 Å². The average Bonchev–Trinajstić information content (AvgIpc) is 3.31. The van der Waals surface area contributed by atoms with Gasteiger partial charge < -0.3 is 0 Å². The number of benzene rings is 5. The van der Waals surface area contributed by atoms with E-state index in [0.29, 0.717) is 0 Å². The molecule has 0 N–H and O–H groups in total. The van der Waals surface area contributed by atoms with E-state index in [1.165, 1.54) is 59.6 Å². The van der Waals surface area contributed by atoms with Crippen LogP contribution in [0.15, 0.2) is 126 Å². The Labute approximate surface area is 219 Å². The summed E-state index contributed by atoms with van der Waals surface area (Å²) in [5.74, 6) is 0. The number of fused-ring (bicyclic) bond motifs is 4. The van der Waals surface area contributed by atoms with Crippen LogP contribution in [0.2, 0.25) is 0 Å². The number of thiophene rings is 1. The van der Waals surface area contributed by atoms with E-state index >= 15 is 0 Å². The van der Waals surface area contributed by atoms with Crippen LogP contribution < -0.4 is 0 Å². The third-order valence-electron chi connectivity index (χ3n) is 6.84. The number of aromatic nitrogens is 1. The highest BCUT2D eigenvalue weighted by Gasteiger charge is 2.08. The summed E-state index contributed by atoms with van der Waals surface area (Å²) in [5, 5.41) is 5.00. The van der Waals surface area contributed by atoms with Crippen LogP contribution in [0, 0.1) is 0 Å². The maximum Gasteiger partial charge on any atom is 0.124 e. The van der Waals surface area contributed by atoms with Crippen LogP contribution in [-0.4, -0.2) is 4.98 Å². The zero-order valence-electron chi connectivity index (χ0n) is 19.3. The monoisotopic (exact) mass is 495 g/mol. The highest BCUT2D eigenvalue weighted by Crippen LogP contribution is 2.36. The summed E-state index contributed by atoms with van der Waals surface area (Å²) >= 11 is 6.15. The van der Waals surface area contributed by atoms with Gasteiger partial charge in [-0.2, -0.15) is 0 Å². The minimum Gasteiger partial charge on any atom is -0.245 e. The van der Waals surface area contributed by atoms with Crippen molar-refractivity contribution in [2.24, 2.45) is 0 Å². The maximum absolute atomic E-state index is 4.53. The summed E-state index contributed by atoms with van der Waals surface area (Å²) < 4.78 is 1.28. The molecule has 1 nitrogen and oxygen atoms in total. The standard InChI is InChI=1S/C33H21NS2/c35-29-14-11-23(12-15-29)25-8-10-26-18-24(7-9-27(26)19-25)21-3-5-22(6-4-21)28-13-16-32-31(20-28)30-2-1-17-34-33(30)36-32/h1-20,35H. The Bertz CT molecular complexity index is 1880. The largest absolute Gasteiger partial charge is 0.245 e. The Balaban J connectivity index is 1.20. The highest BCUT2D eigenvalue weighted by atomic mass is 32.1. The minimum absolute atomic E-state index is 0.980. The molecule has 170 valence electrons. The molecular weight excluding hydrogens is 475 g/mol. The van der Waals surface area contributed by atoms with Gasteiger partial charge in [-0.05, 0) is 92.7 Å². The molecule has 36 heavy (non-hydrogen) atoms. The van der Waals surface area contributed by atoms with Gasteiger partial charge in [0, 0.05) is 26.6 Å². The van der Waals surface area contributed by atoms with Crippen LogP contribution in [0.4, 0.5) is 0 Å². The zero-order valence-corrected chi connectivity index (χ0v) is 21.1. The lowest BCUT2D eigenvalue weighted by molar-refractivity contribution is 1.45. The molecule has 0 atom stereocenters. The first-order chi connectivity index (χ1) is 17.7. The van der Waals surface area contributed by atoms with E-state index in [1.54, 1.807) is 11.3 Å². The third-order valence-corrected chi connectivity index (χ3v) is 8.23. The molecule has 0 fully saturated rings. The van der Waals surface area contributed by atoms with E-state index in [0.717, 1.165) is 9.73 Å². The first-order valence-electron chi connectivity index (χ1n) is 11.9. The predicted molar refractivity (Wildman–Crippen MR) is 158 cm³/mol. The van der Waals surface area contributed by atoms with Crippen molar-refractivity contribution < 1.29 is 0 Å². The first-order valence-corrected chi connectivity index (χ1v) is 13.2. The van der Waals surface area contributed by atoms with Gasteiger partial charge in [-0.1, -0.05) is 66.7 Å². The van der Waals surface area contributed by atoms with E-state index in [1.807, 2.05) is 24.4 Å². The molecule has 0 saturated heterocycles. The van der Waals surface area contributed by atoms with Gasteiger partial charge in [-0.15, -0.1) is 24.0 Å². The van der Waals surface area contributed by atoms with Crippen LogP contribution in [0.1, 0.15) is 0 Å². The Morgan fingerprint density at radius 1 is 0.500 bits per heavy atom. The number of pyridine rings is 1. The molecule has 2 heterocycles. The fourth-order valence-corrected chi connectivity index (χ4v) is 6.08. The number of hydrogen-bond donors (Lipinski definition) is 1. The van der Waals surface area contributed by atoms with Crippen LogP contribution in [-0.2, 0) is 0 Å². The SMILES string of the molecule is Sc1ccc(-c2ccc3cc(-c4ccc(-c5ccc6sc7ncccc7c6c5)cc4)ccc3c2)cc1. The molecule has 7 rings (SSSR count). The second kappa shape index (κ2) is 8.63. The second-order valence-corrected chi connectivity index (χ2v) is 10.6. The van der Waals surface area contributed by atoms with Crippen molar-refractivity contribution in [3.8, 4) is 33.4 Å². The number of rotatable bonds is 3. The molecule has 7 aromatic rings. The molecular formula is C33H21NS2. The topological polar surface area (TPSA) is 12.9 Å². The van der Waals surface area contributed by atoms with Gasteiger partial charge in [0.25, 0.3) is 0 Å². The average molecular weight is 496 g/mol. The molecule has 0 aliphatic carbocycles. The first kappa shape index (κ1) is 21.4. The summed E-state index contributed by atoms with van der Waals surface area (Å²) in [7, 11) is 0. The molecule has 5 aromatic carbocycles. The van der Waals surface area contributed by atoms with Gasteiger partial charge in [0.05, 0.1) is 0 Å².